The van der Waals surface area contributed by atoms with Gasteiger partial charge in [0.05, 0.1) is 49.0 Å². The highest BCUT2D eigenvalue weighted by Crippen LogP contribution is 2.43. The van der Waals surface area contributed by atoms with Crippen LogP contribution in [0.5, 0.6) is 11.5 Å². The molecule has 0 saturated carbocycles. The molecule has 2 saturated heterocycles. The summed E-state index contributed by atoms with van der Waals surface area (Å²) in [4.78, 5) is 113. The van der Waals surface area contributed by atoms with Crippen LogP contribution in [0.15, 0.2) is 80.3 Å². The lowest BCUT2D eigenvalue weighted by molar-refractivity contribution is -0.195. The van der Waals surface area contributed by atoms with Crippen LogP contribution in [0.3, 0.4) is 0 Å². The molecule has 5 N–H and O–H groups in total. The van der Waals surface area contributed by atoms with Gasteiger partial charge in [0.1, 0.15) is 30.6 Å². The van der Waals surface area contributed by atoms with E-state index in [2.05, 4.69) is 51.3 Å². The number of methoxy groups -OCH3 is 1. The molecule has 6 heterocycles. The van der Waals surface area contributed by atoms with E-state index < -0.39 is 66.4 Å². The minimum atomic E-state index is -1.01. The summed E-state index contributed by atoms with van der Waals surface area (Å²) in [6, 6.07) is 4.47. The second kappa shape index (κ2) is 28.0. The van der Waals surface area contributed by atoms with Crippen LogP contribution >= 0.6 is 0 Å². The van der Waals surface area contributed by atoms with Crippen LogP contribution in [0.25, 0.3) is 0 Å². The number of amides is 7. The number of alkyl carbamates (subject to hydrolysis) is 1. The number of hydrogen-bond donors (Lipinski definition) is 5. The fourth-order valence-corrected chi connectivity index (χ4v) is 9.37. The van der Waals surface area contributed by atoms with Crippen molar-refractivity contribution in [3.8, 4) is 11.5 Å². The van der Waals surface area contributed by atoms with Crippen molar-refractivity contribution in [2.45, 2.75) is 83.4 Å². The van der Waals surface area contributed by atoms with Gasteiger partial charge in [0.25, 0.3) is 23.6 Å². The van der Waals surface area contributed by atoms with Crippen LogP contribution in [0.2, 0.25) is 0 Å². The Balaban J connectivity index is 0.899. The van der Waals surface area contributed by atoms with E-state index in [0.717, 1.165) is 18.4 Å². The average molecular weight is 1140 g/mol. The Hall–Kier alpha value is -8.91. The van der Waals surface area contributed by atoms with Gasteiger partial charge in [-0.2, -0.15) is 0 Å². The van der Waals surface area contributed by atoms with Crippen molar-refractivity contribution in [1.82, 2.24) is 34.2 Å². The van der Waals surface area contributed by atoms with Gasteiger partial charge in [0.2, 0.25) is 11.7 Å². The third-order valence-corrected chi connectivity index (χ3v) is 13.4. The summed E-state index contributed by atoms with van der Waals surface area (Å²) in [6.45, 7) is 15.6. The Morgan fingerprint density at radius 3 is 2.18 bits per heavy atom. The number of aryl methyl sites for hydroxylation is 3. The maximum Gasteiger partial charge on any atom is 0.416 e. The Labute approximate surface area is 474 Å². The van der Waals surface area contributed by atoms with Gasteiger partial charge < -0.3 is 78.3 Å². The van der Waals surface area contributed by atoms with E-state index in [4.69, 9.17) is 33.2 Å². The number of esters is 1. The highest BCUT2D eigenvalue weighted by molar-refractivity contribution is 6.08. The third-order valence-electron chi connectivity index (χ3n) is 13.4. The monoisotopic (exact) mass is 1140 g/mol. The van der Waals surface area contributed by atoms with Crippen molar-refractivity contribution in [3.63, 3.8) is 0 Å². The molecule has 26 nitrogen and oxygen atoms in total. The van der Waals surface area contributed by atoms with Gasteiger partial charge in [-0.15, -0.1) is 0 Å². The quantitative estimate of drug-likeness (QED) is 0.0227. The number of carbonyl (C=O) groups is 8. The van der Waals surface area contributed by atoms with E-state index in [1.807, 2.05) is 0 Å². The van der Waals surface area contributed by atoms with E-state index in [1.54, 1.807) is 46.1 Å². The minimum Gasteiger partial charge on any atom is -0.493 e. The zero-order chi connectivity index (χ0) is 59.2. The second-order valence-corrected chi connectivity index (χ2v) is 20.0. The fraction of sp³-hybridized carbons (Fsp3) is 0.446. The molecule has 7 rings (SSSR count). The number of carbonyl (C=O) groups excluding carboxylic acids is 8. The molecule has 0 bridgehead atoms. The Kier molecular flexibility index (Phi) is 20.7. The molecule has 82 heavy (non-hydrogen) atoms. The molecule has 1 aromatic carbocycles. The maximum atomic E-state index is 14.3. The largest absolute Gasteiger partial charge is 0.493 e. The van der Waals surface area contributed by atoms with Crippen molar-refractivity contribution >= 4 is 70.6 Å². The lowest BCUT2D eigenvalue weighted by Gasteiger charge is -2.38. The van der Waals surface area contributed by atoms with Crippen molar-refractivity contribution in [3.05, 3.63) is 103 Å². The van der Waals surface area contributed by atoms with E-state index in [0.29, 0.717) is 25.1 Å². The Bertz CT molecular complexity index is 3060. The summed E-state index contributed by atoms with van der Waals surface area (Å²) < 4.78 is 44.6. The number of hydrogen-bond acceptors (Lipinski definition) is 16. The standard InChI is InChI=1S/C56H71N11O15/c1-10-19-80-55(74)62-47(33(3)4)54(73)79-23-15-18-57-49(69)39-25-35(30-63(39)6)58-50(70)40-26-36(31-64(40)7)59-51(71)48-61-44(32-65(48)8)60-45(68)16-14-22-77-43-28-38-37(27-42(43)76-9)52(72)66-29-34(5)24-41(66)53(67(38)56(75)81-20-11-2)82-46-17-12-13-21-78-46/h10-11,25-28,30-33,41,46-47,53H,1-2,5,12-24,29H2,3-4,6-9H3,(H,57,69)(H,58,70)(H,59,71)(H,60,68)(H,62,74)/t41-,46?,47+,53?/m0/s1. The van der Waals surface area contributed by atoms with E-state index in [9.17, 15) is 38.4 Å². The van der Waals surface area contributed by atoms with Crippen LogP contribution in [-0.2, 0) is 54.4 Å². The molecule has 0 spiro atoms. The minimum absolute atomic E-state index is 0.0125. The molecule has 440 valence electrons. The summed E-state index contributed by atoms with van der Waals surface area (Å²) in [7, 11) is 6.26. The van der Waals surface area contributed by atoms with Gasteiger partial charge in [-0.1, -0.05) is 51.3 Å². The topological polar surface area (TPSA) is 295 Å². The molecule has 0 aliphatic carbocycles. The number of rotatable bonds is 25. The molecule has 2 fully saturated rings. The van der Waals surface area contributed by atoms with Crippen molar-refractivity contribution in [1.29, 1.82) is 0 Å². The average Bonchev–Trinajstić information content (AvgIpc) is 4.36. The van der Waals surface area contributed by atoms with Gasteiger partial charge >= 0.3 is 18.2 Å². The zero-order valence-corrected chi connectivity index (χ0v) is 46.9. The first-order chi connectivity index (χ1) is 39.3. The first-order valence-electron chi connectivity index (χ1n) is 26.7. The Morgan fingerprint density at radius 2 is 1.51 bits per heavy atom. The first kappa shape index (κ1) is 60.7. The molecular weight excluding hydrogens is 1070 g/mol. The SMILES string of the molecule is C=CCOC(=O)N[C@@H](C(=O)OCCCNC(=O)c1cc(NC(=O)c2cc(NC(=O)c3nc(NC(=O)CCCOc4cc5c(cc4OC)C(=O)N4CC(=C)C[C@H]4C(OC4CCCCO4)N5C(=O)OCC=C)cn3C)cn2C)cn1C)C(C)C. The summed E-state index contributed by atoms with van der Waals surface area (Å²) in [5.41, 5.74) is 2.16. The van der Waals surface area contributed by atoms with Crippen LogP contribution < -0.4 is 41.0 Å². The predicted molar refractivity (Wildman–Crippen MR) is 299 cm³/mol. The highest BCUT2D eigenvalue weighted by Gasteiger charge is 2.49. The molecule has 26 heteroatoms. The zero-order valence-electron chi connectivity index (χ0n) is 46.9. The Morgan fingerprint density at radius 1 is 0.817 bits per heavy atom. The second-order valence-electron chi connectivity index (χ2n) is 20.0. The molecule has 4 aromatic rings. The molecule has 3 aliphatic heterocycles. The van der Waals surface area contributed by atoms with Gasteiger partial charge in [0, 0.05) is 71.9 Å². The molecule has 3 aromatic heterocycles. The van der Waals surface area contributed by atoms with Crippen LogP contribution in [-0.4, -0.2) is 149 Å². The highest BCUT2D eigenvalue weighted by atomic mass is 16.7. The lowest BCUT2D eigenvalue weighted by atomic mass is 10.1. The smallest absolute Gasteiger partial charge is 0.416 e. The molecule has 2 unspecified atom stereocenters. The summed E-state index contributed by atoms with van der Waals surface area (Å²) in [5.74, 6) is -2.81. The van der Waals surface area contributed by atoms with E-state index in [-0.39, 0.29) is 122 Å². The summed E-state index contributed by atoms with van der Waals surface area (Å²) in [6.07, 6.45) is 7.43. The first-order valence-corrected chi connectivity index (χ1v) is 26.7. The maximum absolute atomic E-state index is 14.3. The number of ether oxygens (including phenoxy) is 7. The fourth-order valence-electron chi connectivity index (χ4n) is 9.37. The molecule has 0 radical (unpaired) electrons. The van der Waals surface area contributed by atoms with Crippen molar-refractivity contribution in [2.75, 3.05) is 74.1 Å². The number of fused-ring (bicyclic) bond motifs is 2. The van der Waals surface area contributed by atoms with Crippen molar-refractivity contribution in [2.24, 2.45) is 27.1 Å². The number of imidazole rings is 1. The summed E-state index contributed by atoms with van der Waals surface area (Å²) >= 11 is 0. The number of nitrogens with zero attached hydrogens (tertiary/aromatic N) is 6. The van der Waals surface area contributed by atoms with Gasteiger partial charge in [-0.25, -0.2) is 24.3 Å². The number of anilines is 4. The molecule has 3 aliphatic rings. The number of benzene rings is 1. The van der Waals surface area contributed by atoms with Gasteiger partial charge in [0.15, 0.2) is 29.8 Å². The van der Waals surface area contributed by atoms with Crippen molar-refractivity contribution < 1.29 is 71.5 Å². The molecule has 4 atom stereocenters. The van der Waals surface area contributed by atoms with Crippen LogP contribution in [0.4, 0.5) is 32.5 Å². The number of aromatic nitrogens is 4. The normalized spacial score (nSPS) is 16.9. The van der Waals surface area contributed by atoms with Gasteiger partial charge in [-0.3, -0.25) is 24.0 Å². The van der Waals surface area contributed by atoms with Crippen LogP contribution in [0, 0.1) is 5.92 Å². The summed E-state index contributed by atoms with van der Waals surface area (Å²) in [5, 5.41) is 13.4. The molecule has 7 amide bonds. The van der Waals surface area contributed by atoms with E-state index in [1.165, 1.54) is 74.5 Å². The molecular formula is C56H71N11O15. The van der Waals surface area contributed by atoms with Crippen LogP contribution in [0.1, 0.15) is 101 Å². The third kappa shape index (κ3) is 15.1. The lowest BCUT2D eigenvalue weighted by Crippen LogP contribution is -2.54. The van der Waals surface area contributed by atoms with Gasteiger partial charge in [-0.05, 0) is 62.6 Å². The number of nitrogens with one attached hydrogen (secondary N) is 5. The predicted octanol–water partition coefficient (Wildman–Crippen LogP) is 5.79. The van der Waals surface area contributed by atoms with E-state index >= 15 is 0 Å².